The minimum atomic E-state index is -4.47. The molecule has 2 aromatic carbocycles. The summed E-state index contributed by atoms with van der Waals surface area (Å²) in [7, 11) is 1.61. The third kappa shape index (κ3) is 5.65. The molecule has 0 bridgehead atoms. The number of rotatable bonds is 5. The molecular weight excluding hydrogens is 399 g/mol. The number of hydrogen-bond acceptors (Lipinski definition) is 3. The Hall–Kier alpha value is -3.23. The Morgan fingerprint density at radius 2 is 1.77 bits per heavy atom. The summed E-state index contributed by atoms with van der Waals surface area (Å²) in [6.45, 7) is -0.203. The summed E-state index contributed by atoms with van der Waals surface area (Å²) >= 11 is 0. The van der Waals surface area contributed by atoms with Crippen LogP contribution in [0.15, 0.2) is 48.5 Å². The molecule has 1 heterocycles. The minimum absolute atomic E-state index is 0.0815. The first-order valence-electron chi connectivity index (χ1n) is 9.40. The summed E-state index contributed by atoms with van der Waals surface area (Å²) in [4.78, 5) is 26.0. The maximum atomic E-state index is 12.5. The van der Waals surface area contributed by atoms with Crippen molar-refractivity contribution in [1.82, 2.24) is 10.2 Å². The number of carbonyl (C=O) groups excluding carboxylic acids is 2. The molecule has 0 radical (unpaired) electrons. The molecule has 1 aliphatic heterocycles. The van der Waals surface area contributed by atoms with Crippen molar-refractivity contribution in [3.05, 3.63) is 59.7 Å². The Kier molecular flexibility index (Phi) is 6.49. The monoisotopic (exact) mass is 421 g/mol. The van der Waals surface area contributed by atoms with E-state index in [0.29, 0.717) is 18.8 Å². The average molecular weight is 421 g/mol. The number of alkyl halides is 3. The predicted octanol–water partition coefficient (Wildman–Crippen LogP) is 4.01. The highest BCUT2D eigenvalue weighted by molar-refractivity contribution is 5.95. The van der Waals surface area contributed by atoms with Crippen LogP contribution in [0.1, 0.15) is 28.3 Å². The first-order chi connectivity index (χ1) is 14.2. The van der Waals surface area contributed by atoms with Crippen molar-refractivity contribution >= 4 is 17.6 Å². The quantitative estimate of drug-likeness (QED) is 0.767. The fraction of sp³-hybridized carbons (Fsp3) is 0.333. The molecule has 9 heteroatoms. The summed E-state index contributed by atoms with van der Waals surface area (Å²) in [5.41, 5.74) is 1.68. The topological polar surface area (TPSA) is 70.7 Å². The molecular formula is C21H22F3N3O3. The number of methoxy groups -OCH3 is 1. The van der Waals surface area contributed by atoms with E-state index in [2.05, 4.69) is 5.32 Å². The zero-order valence-corrected chi connectivity index (χ0v) is 16.3. The molecule has 1 atom stereocenters. The first kappa shape index (κ1) is 21.5. The molecule has 6 nitrogen and oxygen atoms in total. The number of amides is 3. The number of likely N-dealkylation sites (tertiary alicyclic amines) is 1. The van der Waals surface area contributed by atoms with Crippen LogP contribution in [-0.2, 0) is 0 Å². The molecule has 0 aromatic heterocycles. The molecule has 160 valence electrons. The molecule has 2 aromatic rings. The summed E-state index contributed by atoms with van der Waals surface area (Å²) in [5, 5.41) is 4.56. The van der Waals surface area contributed by atoms with Crippen molar-refractivity contribution in [2.24, 2.45) is 0 Å². The lowest BCUT2D eigenvalue weighted by atomic mass is 9.98. The van der Waals surface area contributed by atoms with E-state index in [1.807, 2.05) is 24.3 Å². The van der Waals surface area contributed by atoms with Crippen molar-refractivity contribution < 1.29 is 27.5 Å². The van der Waals surface area contributed by atoms with Crippen molar-refractivity contribution in [3.8, 4) is 5.75 Å². The number of ether oxygens (including phenoxy) is 1. The number of benzene rings is 2. The Labute approximate surface area is 172 Å². The van der Waals surface area contributed by atoms with Crippen LogP contribution in [-0.4, -0.2) is 49.8 Å². The van der Waals surface area contributed by atoms with Gasteiger partial charge in [-0.25, -0.2) is 4.79 Å². The van der Waals surface area contributed by atoms with Crippen molar-refractivity contribution in [2.45, 2.75) is 18.5 Å². The van der Waals surface area contributed by atoms with Gasteiger partial charge in [0.15, 0.2) is 0 Å². The highest BCUT2D eigenvalue weighted by Gasteiger charge is 2.28. The van der Waals surface area contributed by atoms with Gasteiger partial charge in [-0.3, -0.25) is 4.79 Å². The van der Waals surface area contributed by atoms with Crippen LogP contribution in [0.5, 0.6) is 5.75 Å². The van der Waals surface area contributed by atoms with Crippen LogP contribution in [0.2, 0.25) is 0 Å². The van der Waals surface area contributed by atoms with E-state index in [4.69, 9.17) is 4.74 Å². The Bertz CT molecular complexity index is 883. The van der Waals surface area contributed by atoms with Crippen LogP contribution in [0, 0.1) is 0 Å². The van der Waals surface area contributed by atoms with Gasteiger partial charge in [0.2, 0.25) is 0 Å². The standard InChI is InChI=1S/C21H22F3N3O3/c1-30-18-8-4-14(5-9-18)16-10-11-27(12-16)20(29)26-17-6-2-15(3-7-17)19(28)25-13-21(22,23)24/h2-9,16H,10-13H2,1H3,(H,25,28)(H,26,29). The highest BCUT2D eigenvalue weighted by atomic mass is 19.4. The fourth-order valence-corrected chi connectivity index (χ4v) is 3.28. The molecule has 0 aliphatic carbocycles. The number of nitrogens with one attached hydrogen (secondary N) is 2. The number of halogens is 3. The lowest BCUT2D eigenvalue weighted by Crippen LogP contribution is -2.34. The van der Waals surface area contributed by atoms with Gasteiger partial charge in [0.1, 0.15) is 12.3 Å². The summed E-state index contributed by atoms with van der Waals surface area (Å²) in [6.07, 6.45) is -3.62. The molecule has 0 saturated carbocycles. The SMILES string of the molecule is COc1ccc(C2CCN(C(=O)Nc3ccc(C(=O)NCC(F)(F)F)cc3)C2)cc1. The van der Waals surface area contributed by atoms with Gasteiger partial charge in [0, 0.05) is 30.3 Å². The van der Waals surface area contributed by atoms with E-state index in [1.165, 1.54) is 24.3 Å². The van der Waals surface area contributed by atoms with Crippen LogP contribution in [0.25, 0.3) is 0 Å². The van der Waals surface area contributed by atoms with Crippen LogP contribution in [0.4, 0.5) is 23.7 Å². The lowest BCUT2D eigenvalue weighted by Gasteiger charge is -2.18. The number of urea groups is 1. The third-order valence-corrected chi connectivity index (χ3v) is 4.91. The zero-order chi connectivity index (χ0) is 21.7. The van der Waals surface area contributed by atoms with E-state index >= 15 is 0 Å². The number of nitrogens with zero attached hydrogens (tertiary/aromatic N) is 1. The van der Waals surface area contributed by atoms with Gasteiger partial charge in [-0.2, -0.15) is 13.2 Å². The van der Waals surface area contributed by atoms with Crippen LogP contribution in [0.3, 0.4) is 0 Å². The Morgan fingerprint density at radius 1 is 1.10 bits per heavy atom. The molecule has 30 heavy (non-hydrogen) atoms. The van der Waals surface area contributed by atoms with E-state index in [0.717, 1.165) is 17.7 Å². The van der Waals surface area contributed by atoms with Gasteiger partial charge in [0.25, 0.3) is 5.91 Å². The van der Waals surface area contributed by atoms with Crippen molar-refractivity contribution in [1.29, 1.82) is 0 Å². The fourth-order valence-electron chi connectivity index (χ4n) is 3.28. The second-order valence-electron chi connectivity index (χ2n) is 7.01. The molecule has 1 aliphatic rings. The maximum absolute atomic E-state index is 12.5. The van der Waals surface area contributed by atoms with Crippen molar-refractivity contribution in [3.63, 3.8) is 0 Å². The van der Waals surface area contributed by atoms with E-state index in [-0.39, 0.29) is 17.5 Å². The zero-order valence-electron chi connectivity index (χ0n) is 16.3. The Morgan fingerprint density at radius 3 is 2.37 bits per heavy atom. The molecule has 1 unspecified atom stereocenters. The molecule has 2 N–H and O–H groups in total. The lowest BCUT2D eigenvalue weighted by molar-refractivity contribution is -0.123. The Balaban J connectivity index is 1.52. The van der Waals surface area contributed by atoms with Gasteiger partial charge in [0.05, 0.1) is 7.11 Å². The normalized spacial score (nSPS) is 16.3. The highest BCUT2D eigenvalue weighted by Crippen LogP contribution is 2.29. The smallest absolute Gasteiger partial charge is 0.405 e. The summed E-state index contributed by atoms with van der Waals surface area (Å²) in [5.74, 6) is 0.190. The molecule has 3 amide bonds. The van der Waals surface area contributed by atoms with E-state index in [9.17, 15) is 22.8 Å². The predicted molar refractivity (Wildman–Crippen MR) is 106 cm³/mol. The second-order valence-corrected chi connectivity index (χ2v) is 7.01. The van der Waals surface area contributed by atoms with Crippen LogP contribution >= 0.6 is 0 Å². The summed E-state index contributed by atoms with van der Waals surface area (Å²) in [6, 6.07) is 13.2. The molecule has 1 fully saturated rings. The van der Waals surface area contributed by atoms with Crippen LogP contribution < -0.4 is 15.4 Å². The molecule has 1 saturated heterocycles. The summed E-state index contributed by atoms with van der Waals surface area (Å²) < 4.78 is 41.7. The van der Waals surface area contributed by atoms with Gasteiger partial charge in [-0.1, -0.05) is 12.1 Å². The van der Waals surface area contributed by atoms with Gasteiger partial charge < -0.3 is 20.3 Å². The first-order valence-corrected chi connectivity index (χ1v) is 9.40. The third-order valence-electron chi connectivity index (χ3n) is 4.91. The number of hydrogen-bond donors (Lipinski definition) is 2. The average Bonchev–Trinajstić information content (AvgIpc) is 3.22. The van der Waals surface area contributed by atoms with E-state index in [1.54, 1.807) is 17.3 Å². The number of carbonyl (C=O) groups is 2. The molecule has 3 rings (SSSR count). The number of anilines is 1. The van der Waals surface area contributed by atoms with Crippen molar-refractivity contribution in [2.75, 3.05) is 32.1 Å². The van der Waals surface area contributed by atoms with E-state index < -0.39 is 18.6 Å². The van der Waals surface area contributed by atoms with Gasteiger partial charge in [-0.05, 0) is 48.4 Å². The van der Waals surface area contributed by atoms with Gasteiger partial charge >= 0.3 is 12.2 Å². The second kappa shape index (κ2) is 9.06. The maximum Gasteiger partial charge on any atom is 0.405 e. The molecule has 0 spiro atoms. The largest absolute Gasteiger partial charge is 0.497 e. The minimum Gasteiger partial charge on any atom is -0.497 e. The van der Waals surface area contributed by atoms with Gasteiger partial charge in [-0.15, -0.1) is 0 Å².